The molecule has 1 unspecified atom stereocenters. The number of nitrogens with one attached hydrogen (secondary N) is 1. The molecule has 4 amide bonds. The standard InChI is InChI=1S/C26H39N5O5/c1-16(2)21(22(28)33)29-25(36)26(15-18-9-5-4-6-10-18)12-8-14-31(26)23(34)19-11-7-13-30(19)24(35)20(27)17(3)32/h4-6,9-10,16-17,19-21,32H,7-8,11-15,27H2,1-3H3,(H2,28,33)(H,29,36)/t17-,19+,20+,21+,26?/m1/s1. The topological polar surface area (TPSA) is 159 Å². The first-order valence-electron chi connectivity index (χ1n) is 12.7. The molecule has 0 spiro atoms. The van der Waals surface area contributed by atoms with Crippen molar-refractivity contribution in [1.29, 1.82) is 0 Å². The highest BCUT2D eigenvalue weighted by Gasteiger charge is 2.53. The summed E-state index contributed by atoms with van der Waals surface area (Å²) in [6.07, 6.45) is 1.30. The van der Waals surface area contributed by atoms with Crippen LogP contribution in [-0.4, -0.2) is 81.4 Å². The lowest BCUT2D eigenvalue weighted by Gasteiger charge is -2.41. The van der Waals surface area contributed by atoms with Gasteiger partial charge in [0, 0.05) is 19.5 Å². The van der Waals surface area contributed by atoms with Crippen molar-refractivity contribution in [3.63, 3.8) is 0 Å². The van der Waals surface area contributed by atoms with Gasteiger partial charge in [-0.15, -0.1) is 0 Å². The highest BCUT2D eigenvalue weighted by atomic mass is 16.3. The fourth-order valence-corrected chi connectivity index (χ4v) is 5.34. The van der Waals surface area contributed by atoms with E-state index >= 15 is 0 Å². The van der Waals surface area contributed by atoms with Crippen LogP contribution in [0, 0.1) is 5.92 Å². The van der Waals surface area contributed by atoms with Crippen LogP contribution >= 0.6 is 0 Å². The molecule has 2 aliphatic rings. The first-order valence-corrected chi connectivity index (χ1v) is 12.7. The molecule has 0 aliphatic carbocycles. The monoisotopic (exact) mass is 501 g/mol. The highest BCUT2D eigenvalue weighted by molar-refractivity contribution is 5.98. The maximum Gasteiger partial charge on any atom is 0.246 e. The largest absolute Gasteiger partial charge is 0.391 e. The Balaban J connectivity index is 1.96. The van der Waals surface area contributed by atoms with E-state index < -0.39 is 47.5 Å². The average molecular weight is 502 g/mol. The van der Waals surface area contributed by atoms with Crippen LogP contribution in [0.4, 0.5) is 0 Å². The van der Waals surface area contributed by atoms with E-state index in [0.717, 1.165) is 5.56 Å². The molecule has 2 fully saturated rings. The van der Waals surface area contributed by atoms with Crippen molar-refractivity contribution in [2.75, 3.05) is 13.1 Å². The van der Waals surface area contributed by atoms with E-state index in [-0.39, 0.29) is 18.2 Å². The Morgan fingerprint density at radius 2 is 1.78 bits per heavy atom. The number of hydrogen-bond acceptors (Lipinski definition) is 6. The van der Waals surface area contributed by atoms with Crippen LogP contribution in [0.15, 0.2) is 30.3 Å². The number of nitrogens with two attached hydrogens (primary N) is 2. The fourth-order valence-electron chi connectivity index (χ4n) is 5.34. The third-order valence-electron chi connectivity index (χ3n) is 7.40. The van der Waals surface area contributed by atoms with E-state index in [1.54, 1.807) is 18.7 Å². The van der Waals surface area contributed by atoms with E-state index in [1.807, 2.05) is 30.3 Å². The molecule has 10 nitrogen and oxygen atoms in total. The second kappa shape index (κ2) is 11.4. The predicted molar refractivity (Wildman–Crippen MR) is 134 cm³/mol. The number of primary amides is 1. The Morgan fingerprint density at radius 1 is 1.11 bits per heavy atom. The summed E-state index contributed by atoms with van der Waals surface area (Å²) in [6.45, 7) is 5.74. The molecule has 2 heterocycles. The molecule has 2 saturated heterocycles. The second-order valence-corrected chi connectivity index (χ2v) is 10.3. The van der Waals surface area contributed by atoms with Crippen molar-refractivity contribution < 1.29 is 24.3 Å². The number of amides is 4. The van der Waals surface area contributed by atoms with Crippen LogP contribution < -0.4 is 16.8 Å². The summed E-state index contributed by atoms with van der Waals surface area (Å²) >= 11 is 0. The number of carbonyl (C=O) groups excluding carboxylic acids is 4. The van der Waals surface area contributed by atoms with E-state index in [4.69, 9.17) is 11.5 Å². The summed E-state index contributed by atoms with van der Waals surface area (Å²) in [5.74, 6) is -2.08. The first kappa shape index (κ1) is 27.6. The number of benzene rings is 1. The molecule has 0 saturated carbocycles. The van der Waals surface area contributed by atoms with Crippen LogP contribution in [-0.2, 0) is 25.6 Å². The number of rotatable bonds is 9. The summed E-state index contributed by atoms with van der Waals surface area (Å²) < 4.78 is 0. The molecule has 6 N–H and O–H groups in total. The Bertz CT molecular complexity index is 969. The van der Waals surface area contributed by atoms with Crippen molar-refractivity contribution in [2.45, 2.75) is 82.6 Å². The maximum atomic E-state index is 14.0. The molecule has 5 atom stereocenters. The van der Waals surface area contributed by atoms with Gasteiger partial charge in [-0.05, 0) is 44.1 Å². The van der Waals surface area contributed by atoms with Crippen LogP contribution in [0.5, 0.6) is 0 Å². The van der Waals surface area contributed by atoms with Crippen molar-refractivity contribution in [2.24, 2.45) is 17.4 Å². The minimum atomic E-state index is -1.23. The van der Waals surface area contributed by atoms with Gasteiger partial charge in [-0.25, -0.2) is 0 Å². The van der Waals surface area contributed by atoms with Gasteiger partial charge in [0.1, 0.15) is 23.7 Å². The van der Waals surface area contributed by atoms with E-state index in [9.17, 15) is 24.3 Å². The molecule has 2 aliphatic heterocycles. The van der Waals surface area contributed by atoms with Crippen molar-refractivity contribution in [1.82, 2.24) is 15.1 Å². The van der Waals surface area contributed by atoms with Gasteiger partial charge in [0.25, 0.3) is 0 Å². The van der Waals surface area contributed by atoms with Gasteiger partial charge in [0.05, 0.1) is 6.10 Å². The Morgan fingerprint density at radius 3 is 2.36 bits per heavy atom. The number of hydrogen-bond donors (Lipinski definition) is 4. The van der Waals surface area contributed by atoms with Gasteiger partial charge >= 0.3 is 0 Å². The van der Waals surface area contributed by atoms with Gasteiger partial charge in [-0.1, -0.05) is 44.2 Å². The summed E-state index contributed by atoms with van der Waals surface area (Å²) in [4.78, 5) is 55.9. The van der Waals surface area contributed by atoms with Crippen LogP contribution in [0.1, 0.15) is 52.0 Å². The quantitative estimate of drug-likeness (QED) is 0.370. The van der Waals surface area contributed by atoms with Gasteiger partial charge in [-0.2, -0.15) is 0 Å². The lowest BCUT2D eigenvalue weighted by atomic mass is 9.85. The Hall–Kier alpha value is -2.98. The normalized spacial score (nSPS) is 24.4. The van der Waals surface area contributed by atoms with E-state index in [0.29, 0.717) is 38.8 Å². The minimum Gasteiger partial charge on any atom is -0.391 e. The molecule has 10 heteroatoms. The number of carbonyl (C=O) groups is 4. The molecule has 3 rings (SSSR count). The smallest absolute Gasteiger partial charge is 0.246 e. The Labute approximate surface area is 212 Å². The summed E-state index contributed by atoms with van der Waals surface area (Å²) in [5.41, 5.74) is 11.1. The van der Waals surface area contributed by atoms with Crippen LogP contribution in [0.25, 0.3) is 0 Å². The molecule has 198 valence electrons. The second-order valence-electron chi connectivity index (χ2n) is 10.3. The van der Waals surface area contributed by atoms with E-state index in [2.05, 4.69) is 5.32 Å². The van der Waals surface area contributed by atoms with E-state index in [1.165, 1.54) is 11.8 Å². The Kier molecular flexibility index (Phi) is 8.73. The molecule has 1 aromatic rings. The van der Waals surface area contributed by atoms with Crippen molar-refractivity contribution >= 4 is 23.6 Å². The number of nitrogens with zero attached hydrogens (tertiary/aromatic N) is 2. The molecule has 0 radical (unpaired) electrons. The average Bonchev–Trinajstić information content (AvgIpc) is 3.49. The predicted octanol–water partition coefficient (Wildman–Crippen LogP) is -0.0845. The van der Waals surface area contributed by atoms with Gasteiger partial charge in [-0.3, -0.25) is 19.2 Å². The zero-order chi connectivity index (χ0) is 26.6. The lowest BCUT2D eigenvalue weighted by molar-refractivity contribution is -0.152. The fraction of sp³-hybridized carbons (Fsp3) is 0.615. The molecule has 36 heavy (non-hydrogen) atoms. The highest BCUT2D eigenvalue weighted by Crippen LogP contribution is 2.36. The van der Waals surface area contributed by atoms with Gasteiger partial charge < -0.3 is 31.7 Å². The number of aliphatic hydroxyl groups excluding tert-OH is 1. The molecule has 0 aromatic heterocycles. The van der Waals surface area contributed by atoms with Crippen LogP contribution in [0.3, 0.4) is 0 Å². The minimum absolute atomic E-state index is 0.226. The third-order valence-corrected chi connectivity index (χ3v) is 7.40. The van der Waals surface area contributed by atoms with Crippen molar-refractivity contribution in [3.8, 4) is 0 Å². The molecular weight excluding hydrogens is 462 g/mol. The number of aliphatic hydroxyl groups is 1. The third kappa shape index (κ3) is 5.54. The van der Waals surface area contributed by atoms with Gasteiger partial charge in [0.15, 0.2) is 0 Å². The van der Waals surface area contributed by atoms with Crippen molar-refractivity contribution in [3.05, 3.63) is 35.9 Å². The summed E-state index contributed by atoms with van der Waals surface area (Å²) in [7, 11) is 0. The van der Waals surface area contributed by atoms with Gasteiger partial charge in [0.2, 0.25) is 23.6 Å². The first-order chi connectivity index (χ1) is 17.0. The molecule has 0 bridgehead atoms. The SMILES string of the molecule is CC(C)[C@H](NC(=O)C1(Cc2ccccc2)CCCN1C(=O)[C@@H]1CCCN1C(=O)[C@@H](N)[C@@H](C)O)C(N)=O. The molecular formula is C26H39N5O5. The zero-order valence-corrected chi connectivity index (χ0v) is 21.4. The summed E-state index contributed by atoms with van der Waals surface area (Å²) in [6, 6.07) is 6.65. The summed E-state index contributed by atoms with van der Waals surface area (Å²) in [5, 5.41) is 12.6. The van der Waals surface area contributed by atoms with Crippen LogP contribution in [0.2, 0.25) is 0 Å². The number of likely N-dealkylation sites (tertiary alicyclic amines) is 2. The molecule has 1 aromatic carbocycles. The maximum absolute atomic E-state index is 14.0. The zero-order valence-electron chi connectivity index (χ0n) is 21.4. The lowest BCUT2D eigenvalue weighted by Crippen LogP contribution is -2.64.